The number of halogens is 2. The Balaban J connectivity index is 1.70. The number of anilines is 1. The highest BCUT2D eigenvalue weighted by atomic mass is 35.5. The van der Waals surface area contributed by atoms with Crippen molar-refractivity contribution in [1.82, 2.24) is 4.98 Å². The molecule has 1 aliphatic rings. The Hall–Kier alpha value is -2.00. The van der Waals surface area contributed by atoms with Gasteiger partial charge in [-0.05, 0) is 51.8 Å². The van der Waals surface area contributed by atoms with Crippen molar-refractivity contribution < 1.29 is 14.3 Å². The molecule has 2 aromatic rings. The first kappa shape index (κ1) is 22.7. The first-order valence-electron chi connectivity index (χ1n) is 10.0. The number of hydrogen-bond acceptors (Lipinski definition) is 5. The zero-order valence-electron chi connectivity index (χ0n) is 17.5. The summed E-state index contributed by atoms with van der Waals surface area (Å²) in [4.78, 5) is 18.8. The van der Waals surface area contributed by atoms with Gasteiger partial charge in [0.15, 0.2) is 0 Å². The zero-order chi connectivity index (χ0) is 21.9. The maximum Gasteiger partial charge on any atom is 0.308 e. The van der Waals surface area contributed by atoms with E-state index in [2.05, 4.69) is 10.8 Å². The molecule has 0 aliphatic carbocycles. The minimum absolute atomic E-state index is 0.150. The summed E-state index contributed by atoms with van der Waals surface area (Å²) in [6.07, 6.45) is 7.96. The van der Waals surface area contributed by atoms with Gasteiger partial charge in [-0.2, -0.15) is 0 Å². The van der Waals surface area contributed by atoms with Crippen molar-refractivity contribution in [2.24, 2.45) is 0 Å². The van der Waals surface area contributed by atoms with Gasteiger partial charge < -0.3 is 14.4 Å². The maximum atomic E-state index is 11.8. The molecule has 0 saturated carbocycles. The van der Waals surface area contributed by atoms with Crippen molar-refractivity contribution in [3.63, 3.8) is 0 Å². The Kier molecular flexibility index (Phi) is 7.13. The second-order valence-corrected chi connectivity index (χ2v) is 9.12. The number of ether oxygens (including phenoxy) is 2. The van der Waals surface area contributed by atoms with Gasteiger partial charge in [-0.3, -0.25) is 4.79 Å². The summed E-state index contributed by atoms with van der Waals surface area (Å²) < 4.78 is 11.1. The summed E-state index contributed by atoms with van der Waals surface area (Å²) in [7, 11) is 0. The predicted molar refractivity (Wildman–Crippen MR) is 121 cm³/mol. The Labute approximate surface area is 187 Å². The average Bonchev–Trinajstić information content (AvgIpc) is 3.14. The lowest BCUT2D eigenvalue weighted by Gasteiger charge is -2.26. The lowest BCUT2D eigenvalue weighted by molar-refractivity contribution is -0.156. The second kappa shape index (κ2) is 9.43. The molecule has 1 aromatic heterocycles. The van der Waals surface area contributed by atoms with E-state index >= 15 is 0 Å². The smallest absolute Gasteiger partial charge is 0.308 e. The summed E-state index contributed by atoms with van der Waals surface area (Å²) in [5.74, 6) is 3.23. The molecule has 1 aliphatic heterocycles. The van der Waals surface area contributed by atoms with Crippen LogP contribution in [0.15, 0.2) is 18.2 Å². The molecule has 1 aromatic carbocycles. The third-order valence-corrected chi connectivity index (χ3v) is 5.66. The minimum atomic E-state index is -0.486. The normalized spacial score (nSPS) is 16.7. The van der Waals surface area contributed by atoms with Gasteiger partial charge in [0, 0.05) is 17.5 Å². The molecule has 2 heterocycles. The number of terminal acetylenes is 1. The van der Waals surface area contributed by atoms with Crippen LogP contribution in [0.2, 0.25) is 10.0 Å². The Morgan fingerprint density at radius 3 is 2.83 bits per heavy atom. The highest BCUT2D eigenvalue weighted by Gasteiger charge is 2.27. The second-order valence-electron chi connectivity index (χ2n) is 8.33. The van der Waals surface area contributed by atoms with E-state index in [9.17, 15) is 4.79 Å². The van der Waals surface area contributed by atoms with Gasteiger partial charge in [0.1, 0.15) is 11.4 Å². The molecule has 1 fully saturated rings. The molecule has 3 rings (SSSR count). The van der Waals surface area contributed by atoms with Crippen molar-refractivity contribution in [3.8, 4) is 12.3 Å². The molecule has 160 valence electrons. The topological polar surface area (TPSA) is 51.7 Å². The molecule has 1 saturated heterocycles. The van der Waals surface area contributed by atoms with E-state index in [0.29, 0.717) is 28.8 Å². The standard InChI is InChI=1S/C23H26Cl2N2O3/c1-5-15-13-19(26-22-17(15)8-9-18(24)21(22)25)27-11-6-7-16(27)14-29-12-10-20(28)30-23(2,3)4/h1,8-9,13,16H,6-7,10-12,14H2,2-4H3/t16-/m0/s1. The van der Waals surface area contributed by atoms with Crippen molar-refractivity contribution >= 4 is 45.9 Å². The molecule has 0 spiro atoms. The fraction of sp³-hybridized carbons (Fsp3) is 0.478. The van der Waals surface area contributed by atoms with Crippen molar-refractivity contribution in [1.29, 1.82) is 0 Å². The van der Waals surface area contributed by atoms with Crippen LogP contribution in [0.4, 0.5) is 5.82 Å². The van der Waals surface area contributed by atoms with Crippen LogP contribution < -0.4 is 4.90 Å². The van der Waals surface area contributed by atoms with E-state index in [4.69, 9.17) is 44.1 Å². The molecule has 0 radical (unpaired) electrons. The number of aromatic nitrogens is 1. The summed E-state index contributed by atoms with van der Waals surface area (Å²) >= 11 is 12.6. The molecule has 0 amide bonds. The maximum absolute atomic E-state index is 11.8. The van der Waals surface area contributed by atoms with Crippen LogP contribution in [-0.4, -0.2) is 42.4 Å². The van der Waals surface area contributed by atoms with Crippen LogP contribution in [0, 0.1) is 12.3 Å². The van der Waals surface area contributed by atoms with Gasteiger partial charge in [-0.25, -0.2) is 4.98 Å². The number of hydrogen-bond donors (Lipinski definition) is 0. The number of nitrogens with zero attached hydrogens (tertiary/aromatic N) is 2. The van der Waals surface area contributed by atoms with Gasteiger partial charge in [0.2, 0.25) is 0 Å². The van der Waals surface area contributed by atoms with E-state index in [1.807, 2.05) is 32.9 Å². The zero-order valence-corrected chi connectivity index (χ0v) is 19.0. The summed E-state index contributed by atoms with van der Waals surface area (Å²) in [5, 5.41) is 1.65. The van der Waals surface area contributed by atoms with Crippen molar-refractivity contribution in [2.45, 2.75) is 51.7 Å². The molecule has 1 atom stereocenters. The summed E-state index contributed by atoms with van der Waals surface area (Å²) in [6, 6.07) is 5.63. The van der Waals surface area contributed by atoms with Gasteiger partial charge in [-0.15, -0.1) is 6.42 Å². The molecule has 30 heavy (non-hydrogen) atoms. The molecular weight excluding hydrogens is 423 g/mol. The number of carbonyl (C=O) groups excluding carboxylic acids is 1. The Bertz CT molecular complexity index is 979. The Morgan fingerprint density at radius 2 is 2.13 bits per heavy atom. The highest BCUT2D eigenvalue weighted by molar-refractivity contribution is 6.45. The monoisotopic (exact) mass is 448 g/mol. The third kappa shape index (κ3) is 5.37. The molecule has 0 N–H and O–H groups in total. The van der Waals surface area contributed by atoms with Crippen LogP contribution in [0.25, 0.3) is 10.9 Å². The van der Waals surface area contributed by atoms with Gasteiger partial charge in [0.25, 0.3) is 0 Å². The lowest BCUT2D eigenvalue weighted by Crippen LogP contribution is -2.34. The number of esters is 1. The Morgan fingerprint density at radius 1 is 1.37 bits per heavy atom. The average molecular weight is 449 g/mol. The summed E-state index contributed by atoms with van der Waals surface area (Å²) in [6.45, 7) is 7.22. The minimum Gasteiger partial charge on any atom is -0.460 e. The van der Waals surface area contributed by atoms with E-state index in [1.54, 1.807) is 6.07 Å². The molecule has 5 nitrogen and oxygen atoms in total. The van der Waals surface area contributed by atoms with E-state index in [1.165, 1.54) is 0 Å². The number of benzene rings is 1. The first-order valence-corrected chi connectivity index (χ1v) is 10.8. The SMILES string of the molecule is C#Cc1cc(N2CCC[C@H]2COCCC(=O)OC(C)(C)C)nc2c(Cl)c(Cl)ccc12. The van der Waals surface area contributed by atoms with Crippen LogP contribution in [-0.2, 0) is 14.3 Å². The fourth-order valence-electron chi connectivity index (χ4n) is 3.56. The van der Waals surface area contributed by atoms with E-state index in [-0.39, 0.29) is 18.4 Å². The van der Waals surface area contributed by atoms with Gasteiger partial charge in [-0.1, -0.05) is 29.1 Å². The number of carbonyl (C=O) groups is 1. The molecule has 7 heteroatoms. The van der Waals surface area contributed by atoms with Crippen molar-refractivity contribution in [2.75, 3.05) is 24.7 Å². The predicted octanol–water partition coefficient (Wildman–Crippen LogP) is 5.24. The number of fused-ring (bicyclic) bond motifs is 1. The first-order chi connectivity index (χ1) is 14.2. The molecule has 0 bridgehead atoms. The van der Waals surface area contributed by atoms with Gasteiger partial charge in [0.05, 0.1) is 41.2 Å². The highest BCUT2D eigenvalue weighted by Crippen LogP contribution is 2.34. The summed E-state index contributed by atoms with van der Waals surface area (Å²) in [5.41, 5.74) is 0.844. The fourth-order valence-corrected chi connectivity index (χ4v) is 3.92. The van der Waals surface area contributed by atoms with E-state index in [0.717, 1.165) is 36.2 Å². The van der Waals surface area contributed by atoms with Crippen molar-refractivity contribution in [3.05, 3.63) is 33.8 Å². The molecular formula is C23H26Cl2N2O3. The quantitative estimate of drug-likeness (QED) is 0.343. The number of pyridine rings is 1. The van der Waals surface area contributed by atoms with E-state index < -0.39 is 5.60 Å². The van der Waals surface area contributed by atoms with Crippen LogP contribution in [0.5, 0.6) is 0 Å². The molecule has 0 unspecified atom stereocenters. The van der Waals surface area contributed by atoms with Crippen LogP contribution in [0.3, 0.4) is 0 Å². The lowest BCUT2D eigenvalue weighted by atomic mass is 10.1. The van der Waals surface area contributed by atoms with Crippen LogP contribution >= 0.6 is 23.2 Å². The third-order valence-electron chi connectivity index (χ3n) is 4.87. The number of rotatable bonds is 6. The van der Waals surface area contributed by atoms with Gasteiger partial charge >= 0.3 is 5.97 Å². The van der Waals surface area contributed by atoms with Crippen LogP contribution in [0.1, 0.15) is 45.6 Å². The largest absolute Gasteiger partial charge is 0.460 e.